The molecule has 8 heavy (non-hydrogen) atoms. The van der Waals surface area contributed by atoms with Crippen LogP contribution in [0.4, 0.5) is 0 Å². The van der Waals surface area contributed by atoms with Crippen LogP contribution in [0.15, 0.2) is 22.6 Å². The van der Waals surface area contributed by atoms with E-state index in [0.717, 1.165) is 11.4 Å². The highest BCUT2D eigenvalue weighted by molar-refractivity contribution is 5.59. The van der Waals surface area contributed by atoms with Gasteiger partial charge >= 0.3 is 0 Å². The Labute approximate surface area is 48.6 Å². The van der Waals surface area contributed by atoms with Crippen LogP contribution in [0.25, 0.3) is 0 Å². The lowest BCUT2D eigenvalue weighted by Gasteiger charge is -2.03. The van der Waals surface area contributed by atoms with Crippen molar-refractivity contribution >= 4 is 5.87 Å². The van der Waals surface area contributed by atoms with E-state index in [-0.39, 0.29) is 0 Å². The summed E-state index contributed by atoms with van der Waals surface area (Å²) in [5, 5.41) is 3.05. The summed E-state index contributed by atoms with van der Waals surface area (Å²) in [5.74, 6) is 2.77. The van der Waals surface area contributed by atoms with Gasteiger partial charge in [-0.1, -0.05) is 0 Å². The molecule has 0 aromatic carbocycles. The summed E-state index contributed by atoms with van der Waals surface area (Å²) in [6.07, 6.45) is 1.74. The van der Waals surface area contributed by atoms with Crippen LogP contribution in [0.1, 0.15) is 13.8 Å². The van der Waals surface area contributed by atoms with Crippen LogP contribution in [0.3, 0.4) is 0 Å². The highest BCUT2D eigenvalue weighted by Crippen LogP contribution is 1.94. The maximum atomic E-state index is 3.83. The van der Waals surface area contributed by atoms with Crippen LogP contribution >= 0.6 is 0 Å². The average Bonchev–Trinajstić information content (AvgIpc) is 1.64. The van der Waals surface area contributed by atoms with E-state index in [1.165, 1.54) is 0 Å². The van der Waals surface area contributed by atoms with Crippen LogP contribution in [0.2, 0.25) is 0 Å². The second-order valence-corrected chi connectivity index (χ2v) is 1.80. The molecule has 0 spiro atoms. The van der Waals surface area contributed by atoms with Gasteiger partial charge in [0.05, 0.1) is 11.9 Å². The smallest absolute Gasteiger partial charge is 0.0745 e. The molecule has 0 atom stereocenters. The Kier molecular flexibility index (Phi) is 1.18. The van der Waals surface area contributed by atoms with Crippen LogP contribution in [-0.2, 0) is 0 Å². The fourth-order valence-electron chi connectivity index (χ4n) is 0.582. The van der Waals surface area contributed by atoms with Gasteiger partial charge in [0.2, 0.25) is 0 Å². The summed E-state index contributed by atoms with van der Waals surface area (Å²) >= 11 is 0. The predicted octanol–water partition coefficient (Wildman–Crippen LogP) is 1.02. The van der Waals surface area contributed by atoms with Gasteiger partial charge in [-0.15, -0.1) is 0 Å². The third-order valence-corrected chi connectivity index (χ3v) is 0.875. The standard InChI is InChI=1S/C6H8N2/c1-5-3-7-4-6(2)8-5/h3,8H,1-2H3. The molecule has 1 aliphatic rings. The Hall–Kier alpha value is -1.01. The molecule has 2 heteroatoms. The Morgan fingerprint density at radius 1 is 1.62 bits per heavy atom. The zero-order valence-corrected chi connectivity index (χ0v) is 5.02. The summed E-state index contributed by atoms with van der Waals surface area (Å²) < 4.78 is 0. The number of nitrogens with zero attached hydrogens (tertiary/aromatic N) is 1. The number of allylic oxidation sites excluding steroid dienone is 2. The van der Waals surface area contributed by atoms with Crippen LogP contribution in [0.5, 0.6) is 0 Å². The van der Waals surface area contributed by atoms with Crippen molar-refractivity contribution in [3.05, 3.63) is 17.6 Å². The van der Waals surface area contributed by atoms with Crippen molar-refractivity contribution in [3.63, 3.8) is 0 Å². The lowest BCUT2D eigenvalue weighted by Crippen LogP contribution is -2.09. The summed E-state index contributed by atoms with van der Waals surface area (Å²) in [5.41, 5.74) is 2.05. The van der Waals surface area contributed by atoms with Crippen LogP contribution in [-0.4, -0.2) is 5.87 Å². The third kappa shape index (κ3) is 0.983. The molecular formula is C6H8N2. The first-order valence-electron chi connectivity index (χ1n) is 2.52. The van der Waals surface area contributed by atoms with Crippen molar-refractivity contribution in [2.45, 2.75) is 13.8 Å². The quantitative estimate of drug-likeness (QED) is 0.492. The number of aliphatic imine (C=N–C) groups is 1. The van der Waals surface area contributed by atoms with Gasteiger partial charge in [-0.3, -0.25) is 0 Å². The van der Waals surface area contributed by atoms with Crippen molar-refractivity contribution in [2.24, 2.45) is 4.99 Å². The fourth-order valence-corrected chi connectivity index (χ4v) is 0.582. The SMILES string of the molecule is CC1=C=NC=C(C)N1. The fraction of sp³-hybridized carbons (Fsp3) is 0.333. The van der Waals surface area contributed by atoms with E-state index in [9.17, 15) is 0 Å². The largest absolute Gasteiger partial charge is 0.354 e. The molecule has 0 radical (unpaired) electrons. The molecule has 1 rings (SSSR count). The van der Waals surface area contributed by atoms with E-state index in [1.54, 1.807) is 6.20 Å². The maximum absolute atomic E-state index is 3.83. The van der Waals surface area contributed by atoms with Crippen molar-refractivity contribution < 1.29 is 0 Å². The predicted molar refractivity (Wildman–Crippen MR) is 33.5 cm³/mol. The first-order chi connectivity index (χ1) is 3.79. The second-order valence-electron chi connectivity index (χ2n) is 1.80. The van der Waals surface area contributed by atoms with E-state index in [2.05, 4.69) is 16.2 Å². The normalized spacial score (nSPS) is 16.8. The van der Waals surface area contributed by atoms with E-state index in [1.807, 2.05) is 13.8 Å². The van der Waals surface area contributed by atoms with E-state index in [4.69, 9.17) is 0 Å². The van der Waals surface area contributed by atoms with Gasteiger partial charge in [0, 0.05) is 11.6 Å². The zero-order valence-electron chi connectivity index (χ0n) is 5.02. The van der Waals surface area contributed by atoms with Gasteiger partial charge in [-0.25, -0.2) is 4.99 Å². The third-order valence-electron chi connectivity index (χ3n) is 0.875. The van der Waals surface area contributed by atoms with Gasteiger partial charge in [-0.2, -0.15) is 0 Å². The first-order valence-corrected chi connectivity index (χ1v) is 2.52. The topological polar surface area (TPSA) is 24.4 Å². The van der Waals surface area contributed by atoms with Gasteiger partial charge in [0.25, 0.3) is 0 Å². The Morgan fingerprint density at radius 2 is 2.38 bits per heavy atom. The van der Waals surface area contributed by atoms with E-state index in [0.29, 0.717) is 0 Å². The molecular weight excluding hydrogens is 100 g/mol. The lowest BCUT2D eigenvalue weighted by molar-refractivity contribution is 0.964. The molecule has 0 aromatic heterocycles. The molecule has 1 heterocycles. The van der Waals surface area contributed by atoms with Crippen molar-refractivity contribution in [1.29, 1.82) is 0 Å². The van der Waals surface area contributed by atoms with Crippen molar-refractivity contribution in [1.82, 2.24) is 5.32 Å². The molecule has 0 amide bonds. The molecule has 0 fully saturated rings. The average molecular weight is 108 g/mol. The number of hydrogen-bond donors (Lipinski definition) is 1. The minimum absolute atomic E-state index is 0.977. The molecule has 0 unspecified atom stereocenters. The summed E-state index contributed by atoms with van der Waals surface area (Å²) in [6.45, 7) is 3.90. The molecule has 0 saturated heterocycles. The Bertz CT molecular complexity index is 183. The molecule has 1 N–H and O–H groups in total. The number of hydrogen-bond acceptors (Lipinski definition) is 2. The number of nitrogens with one attached hydrogen (secondary N) is 1. The maximum Gasteiger partial charge on any atom is 0.0745 e. The van der Waals surface area contributed by atoms with Crippen LogP contribution < -0.4 is 5.32 Å². The summed E-state index contributed by atoms with van der Waals surface area (Å²) in [4.78, 5) is 3.83. The number of rotatable bonds is 0. The molecule has 42 valence electrons. The molecule has 2 nitrogen and oxygen atoms in total. The lowest BCUT2D eigenvalue weighted by atomic mass is 10.4. The highest BCUT2D eigenvalue weighted by atomic mass is 14.9. The first kappa shape index (κ1) is 5.13. The molecule has 0 saturated carbocycles. The minimum Gasteiger partial charge on any atom is -0.354 e. The second kappa shape index (κ2) is 1.85. The van der Waals surface area contributed by atoms with E-state index >= 15 is 0 Å². The molecule has 0 aromatic rings. The Balaban J connectivity index is 2.83. The highest BCUT2D eigenvalue weighted by Gasteiger charge is 1.90. The van der Waals surface area contributed by atoms with Crippen molar-refractivity contribution in [3.8, 4) is 0 Å². The Morgan fingerprint density at radius 3 is 2.75 bits per heavy atom. The van der Waals surface area contributed by atoms with Gasteiger partial charge in [0.1, 0.15) is 0 Å². The van der Waals surface area contributed by atoms with Gasteiger partial charge in [0.15, 0.2) is 0 Å². The molecule has 1 aliphatic heterocycles. The molecule has 0 aliphatic carbocycles. The molecule has 0 bridgehead atoms. The minimum atomic E-state index is 0.977. The van der Waals surface area contributed by atoms with E-state index < -0.39 is 0 Å². The van der Waals surface area contributed by atoms with Gasteiger partial charge < -0.3 is 5.32 Å². The van der Waals surface area contributed by atoms with Crippen molar-refractivity contribution in [2.75, 3.05) is 0 Å². The van der Waals surface area contributed by atoms with Crippen LogP contribution in [0, 0.1) is 0 Å². The zero-order chi connectivity index (χ0) is 5.98. The monoisotopic (exact) mass is 108 g/mol. The summed E-state index contributed by atoms with van der Waals surface area (Å²) in [7, 11) is 0. The summed E-state index contributed by atoms with van der Waals surface area (Å²) in [6, 6.07) is 0. The van der Waals surface area contributed by atoms with Gasteiger partial charge in [-0.05, 0) is 13.8 Å².